The Morgan fingerprint density at radius 2 is 1.95 bits per heavy atom. The maximum absolute atomic E-state index is 13.4. The molecule has 0 saturated heterocycles. The minimum Gasteiger partial charge on any atom is -0.494 e. The van der Waals surface area contributed by atoms with E-state index in [-0.39, 0.29) is 11.3 Å². The third-order valence-electron chi connectivity index (χ3n) is 2.56. The van der Waals surface area contributed by atoms with Crippen LogP contribution in [0.5, 0.6) is 5.75 Å². The van der Waals surface area contributed by atoms with Gasteiger partial charge in [0.1, 0.15) is 17.4 Å². The van der Waals surface area contributed by atoms with E-state index < -0.39 is 11.6 Å². The maximum Gasteiger partial charge on any atom is 0.165 e. The van der Waals surface area contributed by atoms with Crippen LogP contribution in [0, 0.1) is 23.0 Å². The Morgan fingerprint density at radius 1 is 1.16 bits per heavy atom. The van der Waals surface area contributed by atoms with Crippen LogP contribution in [-0.4, -0.2) is 7.11 Å². The lowest BCUT2D eigenvalue weighted by molar-refractivity contribution is 0.387. The number of benzene rings is 2. The molecular weight excluding hydrogens is 250 g/mol. The first-order chi connectivity index (χ1) is 9.15. The van der Waals surface area contributed by atoms with Crippen molar-refractivity contribution in [1.82, 2.24) is 0 Å². The Labute approximate surface area is 109 Å². The number of nitrogens with one attached hydrogen (secondary N) is 1. The molecule has 0 aliphatic carbocycles. The number of ether oxygens (including phenoxy) is 1. The first-order valence-corrected chi connectivity index (χ1v) is 5.45. The highest BCUT2D eigenvalue weighted by Crippen LogP contribution is 2.26. The quantitative estimate of drug-likeness (QED) is 0.917. The van der Waals surface area contributed by atoms with Crippen molar-refractivity contribution in [2.45, 2.75) is 0 Å². The normalized spacial score (nSPS) is 9.79. The van der Waals surface area contributed by atoms with E-state index in [4.69, 9.17) is 10.00 Å². The molecule has 0 aliphatic rings. The van der Waals surface area contributed by atoms with Gasteiger partial charge >= 0.3 is 0 Å². The summed E-state index contributed by atoms with van der Waals surface area (Å²) in [6.07, 6.45) is 0. The summed E-state index contributed by atoms with van der Waals surface area (Å²) in [5.41, 5.74) is 0.724. The zero-order chi connectivity index (χ0) is 13.8. The van der Waals surface area contributed by atoms with E-state index in [1.807, 2.05) is 0 Å². The number of nitriles is 1. The molecule has 0 atom stereocenters. The molecule has 0 unspecified atom stereocenters. The molecule has 2 rings (SSSR count). The number of hydrogen-bond acceptors (Lipinski definition) is 3. The molecule has 0 bridgehead atoms. The van der Waals surface area contributed by atoms with Crippen LogP contribution < -0.4 is 10.1 Å². The molecule has 3 nitrogen and oxygen atoms in total. The molecule has 0 saturated carbocycles. The summed E-state index contributed by atoms with van der Waals surface area (Å²) < 4.78 is 31.5. The molecule has 0 heterocycles. The van der Waals surface area contributed by atoms with Crippen molar-refractivity contribution in [2.75, 3.05) is 12.4 Å². The molecule has 0 aromatic heterocycles. The molecule has 0 fully saturated rings. The third kappa shape index (κ3) is 2.63. The average Bonchev–Trinajstić information content (AvgIpc) is 2.41. The van der Waals surface area contributed by atoms with E-state index >= 15 is 0 Å². The van der Waals surface area contributed by atoms with Crippen molar-refractivity contribution in [1.29, 1.82) is 5.26 Å². The highest BCUT2D eigenvalue weighted by molar-refractivity contribution is 5.67. The van der Waals surface area contributed by atoms with E-state index in [0.717, 1.165) is 0 Å². The van der Waals surface area contributed by atoms with Crippen LogP contribution in [0.25, 0.3) is 0 Å². The van der Waals surface area contributed by atoms with Gasteiger partial charge in [0.15, 0.2) is 11.6 Å². The van der Waals surface area contributed by atoms with Crippen LogP contribution in [0.4, 0.5) is 20.2 Å². The van der Waals surface area contributed by atoms with Crippen molar-refractivity contribution in [3.63, 3.8) is 0 Å². The van der Waals surface area contributed by atoms with Crippen LogP contribution in [-0.2, 0) is 0 Å². The molecule has 0 radical (unpaired) electrons. The zero-order valence-corrected chi connectivity index (χ0v) is 10.1. The molecule has 19 heavy (non-hydrogen) atoms. The van der Waals surface area contributed by atoms with Crippen LogP contribution in [0.2, 0.25) is 0 Å². The summed E-state index contributed by atoms with van der Waals surface area (Å²) in [5.74, 6) is -1.03. The van der Waals surface area contributed by atoms with Gasteiger partial charge in [-0.1, -0.05) is 6.07 Å². The van der Waals surface area contributed by atoms with E-state index in [0.29, 0.717) is 11.4 Å². The van der Waals surface area contributed by atoms with Gasteiger partial charge in [0, 0.05) is 11.8 Å². The summed E-state index contributed by atoms with van der Waals surface area (Å²) in [7, 11) is 1.35. The number of halogens is 2. The number of methoxy groups -OCH3 is 1. The predicted molar refractivity (Wildman–Crippen MR) is 67.3 cm³/mol. The number of anilines is 2. The predicted octanol–water partition coefficient (Wildman–Crippen LogP) is 3.59. The Hall–Kier alpha value is -2.61. The van der Waals surface area contributed by atoms with Gasteiger partial charge in [-0.25, -0.2) is 8.78 Å². The Balaban J connectivity index is 2.37. The second kappa shape index (κ2) is 5.36. The van der Waals surface area contributed by atoms with Crippen molar-refractivity contribution in [3.05, 3.63) is 53.6 Å². The van der Waals surface area contributed by atoms with Gasteiger partial charge in [0.2, 0.25) is 0 Å². The highest BCUT2D eigenvalue weighted by Gasteiger charge is 2.09. The first kappa shape index (κ1) is 12.8. The minimum absolute atomic E-state index is 0.0694. The molecular formula is C14H10F2N2O. The van der Waals surface area contributed by atoms with Crippen LogP contribution >= 0.6 is 0 Å². The van der Waals surface area contributed by atoms with E-state index in [1.54, 1.807) is 12.1 Å². The lowest BCUT2D eigenvalue weighted by Gasteiger charge is -2.10. The molecule has 96 valence electrons. The Kier molecular flexibility index (Phi) is 3.62. The minimum atomic E-state index is -0.610. The zero-order valence-electron chi connectivity index (χ0n) is 10.1. The fourth-order valence-corrected chi connectivity index (χ4v) is 1.63. The van der Waals surface area contributed by atoms with Gasteiger partial charge in [-0.05, 0) is 24.3 Å². The van der Waals surface area contributed by atoms with Crippen molar-refractivity contribution >= 4 is 11.4 Å². The van der Waals surface area contributed by atoms with Gasteiger partial charge in [-0.15, -0.1) is 0 Å². The summed E-state index contributed by atoms with van der Waals surface area (Å²) in [5, 5.41) is 11.8. The lowest BCUT2D eigenvalue weighted by atomic mass is 10.1. The summed E-state index contributed by atoms with van der Waals surface area (Å²) in [4.78, 5) is 0. The number of rotatable bonds is 3. The first-order valence-electron chi connectivity index (χ1n) is 5.45. The van der Waals surface area contributed by atoms with Crippen molar-refractivity contribution in [3.8, 4) is 11.8 Å². The largest absolute Gasteiger partial charge is 0.494 e. The topological polar surface area (TPSA) is 45.0 Å². The SMILES string of the molecule is COc1cc(Nc2cccc(F)c2C#N)ccc1F. The fraction of sp³-hybridized carbons (Fsp3) is 0.0714. The average molecular weight is 260 g/mol. The van der Waals surface area contributed by atoms with Crippen LogP contribution in [0.3, 0.4) is 0 Å². The summed E-state index contributed by atoms with van der Waals surface area (Å²) in [6, 6.07) is 10.2. The van der Waals surface area contributed by atoms with Gasteiger partial charge in [0.25, 0.3) is 0 Å². The molecule has 1 N–H and O–H groups in total. The lowest BCUT2D eigenvalue weighted by Crippen LogP contribution is -1.97. The summed E-state index contributed by atoms with van der Waals surface area (Å²) in [6.45, 7) is 0. The van der Waals surface area contributed by atoms with E-state index in [2.05, 4.69) is 5.32 Å². The van der Waals surface area contributed by atoms with E-state index in [9.17, 15) is 8.78 Å². The molecule has 0 aliphatic heterocycles. The van der Waals surface area contributed by atoms with Crippen molar-refractivity contribution < 1.29 is 13.5 Å². The molecule has 0 spiro atoms. The fourth-order valence-electron chi connectivity index (χ4n) is 1.63. The molecule has 2 aromatic rings. The summed E-state index contributed by atoms with van der Waals surface area (Å²) >= 11 is 0. The standard InChI is InChI=1S/C14H10F2N2O/c1-19-14-7-9(5-6-12(14)16)18-13-4-2-3-11(15)10(13)8-17/h2-7,18H,1H3. The third-order valence-corrected chi connectivity index (χ3v) is 2.56. The molecule has 5 heteroatoms. The van der Waals surface area contributed by atoms with Crippen LogP contribution in [0.1, 0.15) is 5.56 Å². The Bertz CT molecular complexity index is 650. The number of nitrogens with zero attached hydrogens (tertiary/aromatic N) is 1. The maximum atomic E-state index is 13.4. The second-order valence-corrected chi connectivity index (χ2v) is 3.75. The highest BCUT2D eigenvalue weighted by atomic mass is 19.1. The molecule has 2 aromatic carbocycles. The van der Waals surface area contributed by atoms with Gasteiger partial charge < -0.3 is 10.1 Å². The van der Waals surface area contributed by atoms with Gasteiger partial charge in [-0.2, -0.15) is 5.26 Å². The Morgan fingerprint density at radius 3 is 2.63 bits per heavy atom. The second-order valence-electron chi connectivity index (χ2n) is 3.75. The number of hydrogen-bond donors (Lipinski definition) is 1. The van der Waals surface area contributed by atoms with E-state index in [1.165, 1.54) is 37.4 Å². The smallest absolute Gasteiger partial charge is 0.165 e. The van der Waals surface area contributed by atoms with Gasteiger partial charge in [0.05, 0.1) is 12.8 Å². The van der Waals surface area contributed by atoms with Crippen LogP contribution in [0.15, 0.2) is 36.4 Å². The van der Waals surface area contributed by atoms with Gasteiger partial charge in [-0.3, -0.25) is 0 Å². The molecule has 0 amide bonds. The monoisotopic (exact) mass is 260 g/mol. The van der Waals surface area contributed by atoms with Crippen molar-refractivity contribution in [2.24, 2.45) is 0 Å².